The molecule has 0 saturated heterocycles. The monoisotopic (exact) mass is 282 g/mol. The Morgan fingerprint density at radius 3 is 1.79 bits per heavy atom. The Labute approximate surface area is 124 Å². The van der Waals surface area contributed by atoms with Crippen LogP contribution in [0.1, 0.15) is 72.1 Å². The first-order valence-corrected chi connectivity index (χ1v) is 8.43. The quantitative estimate of drug-likeness (QED) is 0.749. The molecule has 2 nitrogen and oxygen atoms in total. The first-order chi connectivity index (χ1) is 8.95. The zero-order chi connectivity index (χ0) is 13.9. The van der Waals surface area contributed by atoms with Crippen molar-refractivity contribution in [3.63, 3.8) is 0 Å². The van der Waals surface area contributed by atoms with Crippen molar-refractivity contribution in [2.75, 3.05) is 0 Å². The van der Waals surface area contributed by atoms with Gasteiger partial charge >= 0.3 is 0 Å². The molecule has 2 aliphatic carbocycles. The number of hydrogen-bond donors (Lipinski definition) is 2. The number of rotatable bonds is 2. The van der Waals surface area contributed by atoms with Crippen LogP contribution in [0.3, 0.4) is 0 Å². The van der Waals surface area contributed by atoms with E-state index in [0.29, 0.717) is 17.5 Å². The highest BCUT2D eigenvalue weighted by atomic mass is 32.1. The molecule has 0 spiro atoms. The van der Waals surface area contributed by atoms with Crippen molar-refractivity contribution in [3.05, 3.63) is 0 Å². The van der Waals surface area contributed by atoms with Gasteiger partial charge in [0.15, 0.2) is 5.11 Å². The summed E-state index contributed by atoms with van der Waals surface area (Å²) >= 11 is 5.45. The molecule has 0 radical (unpaired) electrons. The highest BCUT2D eigenvalue weighted by molar-refractivity contribution is 7.80. The molecule has 2 fully saturated rings. The number of nitrogens with one attached hydrogen (secondary N) is 2. The summed E-state index contributed by atoms with van der Waals surface area (Å²) in [7, 11) is 0. The molecule has 0 aromatic carbocycles. The molecular formula is C16H30N2S. The predicted octanol–water partition coefficient (Wildman–Crippen LogP) is 4.00. The van der Waals surface area contributed by atoms with Crippen LogP contribution in [-0.2, 0) is 0 Å². The molecule has 110 valence electrons. The van der Waals surface area contributed by atoms with Gasteiger partial charge in [-0.1, -0.05) is 33.6 Å². The summed E-state index contributed by atoms with van der Waals surface area (Å²) in [6.45, 7) is 7.12. The van der Waals surface area contributed by atoms with Gasteiger partial charge in [-0.3, -0.25) is 0 Å². The zero-order valence-corrected chi connectivity index (χ0v) is 13.6. The number of thiocarbonyl (C=S) groups is 1. The Hall–Kier alpha value is -0.310. The van der Waals surface area contributed by atoms with Crippen LogP contribution in [0.5, 0.6) is 0 Å². The number of hydrogen-bond acceptors (Lipinski definition) is 1. The topological polar surface area (TPSA) is 24.1 Å². The van der Waals surface area contributed by atoms with Crippen molar-refractivity contribution >= 4 is 17.3 Å². The highest BCUT2D eigenvalue weighted by Crippen LogP contribution is 2.37. The summed E-state index contributed by atoms with van der Waals surface area (Å²) < 4.78 is 0. The standard InChI is InChI=1S/C16H30N2S/c1-16(2,3)12-8-10-14(11-9-12)18-15(19)17-13-6-4-5-7-13/h12-14H,4-11H2,1-3H3,(H2,17,18,19). The van der Waals surface area contributed by atoms with E-state index in [-0.39, 0.29) is 0 Å². The third kappa shape index (κ3) is 4.62. The van der Waals surface area contributed by atoms with E-state index in [1.165, 1.54) is 51.4 Å². The second-order valence-corrected chi connectivity index (χ2v) is 7.92. The second kappa shape index (κ2) is 6.43. The van der Waals surface area contributed by atoms with Crippen LogP contribution in [-0.4, -0.2) is 17.2 Å². The third-order valence-electron chi connectivity index (χ3n) is 4.98. The maximum atomic E-state index is 5.45. The molecule has 0 bridgehead atoms. The molecule has 0 aliphatic heterocycles. The van der Waals surface area contributed by atoms with Crippen LogP contribution in [0.2, 0.25) is 0 Å². The van der Waals surface area contributed by atoms with E-state index in [0.717, 1.165) is 11.0 Å². The van der Waals surface area contributed by atoms with E-state index < -0.39 is 0 Å². The van der Waals surface area contributed by atoms with Gasteiger partial charge in [0.1, 0.15) is 0 Å². The molecule has 0 atom stereocenters. The first-order valence-electron chi connectivity index (χ1n) is 8.02. The fourth-order valence-corrected chi connectivity index (χ4v) is 3.92. The fourth-order valence-electron chi connectivity index (χ4n) is 3.59. The maximum absolute atomic E-state index is 5.45. The van der Waals surface area contributed by atoms with Crippen LogP contribution >= 0.6 is 12.2 Å². The summed E-state index contributed by atoms with van der Waals surface area (Å²) in [5.74, 6) is 0.877. The molecule has 0 amide bonds. The van der Waals surface area contributed by atoms with Crippen molar-refractivity contribution in [2.24, 2.45) is 11.3 Å². The third-order valence-corrected chi connectivity index (χ3v) is 5.21. The summed E-state index contributed by atoms with van der Waals surface area (Å²) in [5.41, 5.74) is 0.466. The van der Waals surface area contributed by atoms with Crippen LogP contribution < -0.4 is 10.6 Å². The molecule has 0 aromatic heterocycles. The Balaban J connectivity index is 1.68. The summed E-state index contributed by atoms with van der Waals surface area (Å²) in [6, 6.07) is 1.23. The minimum absolute atomic E-state index is 0.466. The highest BCUT2D eigenvalue weighted by Gasteiger charge is 2.30. The smallest absolute Gasteiger partial charge is 0.166 e. The second-order valence-electron chi connectivity index (χ2n) is 7.51. The molecule has 2 N–H and O–H groups in total. The normalized spacial score (nSPS) is 29.2. The van der Waals surface area contributed by atoms with Gasteiger partial charge in [-0.25, -0.2) is 0 Å². The molecular weight excluding hydrogens is 252 g/mol. The average molecular weight is 282 g/mol. The lowest BCUT2D eigenvalue weighted by Gasteiger charge is -2.37. The maximum Gasteiger partial charge on any atom is 0.166 e. The Morgan fingerprint density at radius 1 is 0.842 bits per heavy atom. The predicted molar refractivity (Wildman–Crippen MR) is 86.3 cm³/mol. The van der Waals surface area contributed by atoms with E-state index >= 15 is 0 Å². The lowest BCUT2D eigenvalue weighted by molar-refractivity contribution is 0.165. The summed E-state index contributed by atoms with van der Waals surface area (Å²) in [4.78, 5) is 0. The van der Waals surface area contributed by atoms with E-state index in [1.807, 2.05) is 0 Å². The largest absolute Gasteiger partial charge is 0.360 e. The summed E-state index contributed by atoms with van der Waals surface area (Å²) in [5, 5.41) is 7.92. The van der Waals surface area contributed by atoms with Crippen molar-refractivity contribution in [2.45, 2.75) is 84.2 Å². The lowest BCUT2D eigenvalue weighted by atomic mass is 9.71. The van der Waals surface area contributed by atoms with Gasteiger partial charge in [-0.05, 0) is 62.1 Å². The van der Waals surface area contributed by atoms with Gasteiger partial charge in [0.25, 0.3) is 0 Å². The molecule has 2 aliphatic rings. The van der Waals surface area contributed by atoms with Gasteiger partial charge in [-0.2, -0.15) is 0 Å². The minimum atomic E-state index is 0.466. The Morgan fingerprint density at radius 2 is 1.32 bits per heavy atom. The molecule has 0 unspecified atom stereocenters. The van der Waals surface area contributed by atoms with Gasteiger partial charge < -0.3 is 10.6 Å². The Bertz CT molecular complexity index is 294. The van der Waals surface area contributed by atoms with Crippen LogP contribution in [0, 0.1) is 11.3 Å². The van der Waals surface area contributed by atoms with Crippen molar-refractivity contribution in [3.8, 4) is 0 Å². The Kier molecular flexibility index (Phi) is 5.10. The average Bonchev–Trinajstić information content (AvgIpc) is 2.81. The van der Waals surface area contributed by atoms with E-state index in [4.69, 9.17) is 12.2 Å². The lowest BCUT2D eigenvalue weighted by Crippen LogP contribution is -2.46. The molecule has 0 aromatic rings. The van der Waals surface area contributed by atoms with Crippen molar-refractivity contribution < 1.29 is 0 Å². The minimum Gasteiger partial charge on any atom is -0.360 e. The van der Waals surface area contributed by atoms with Gasteiger partial charge in [-0.15, -0.1) is 0 Å². The van der Waals surface area contributed by atoms with Gasteiger partial charge in [0.05, 0.1) is 0 Å². The molecule has 19 heavy (non-hydrogen) atoms. The molecule has 2 rings (SSSR count). The molecule has 3 heteroatoms. The van der Waals surface area contributed by atoms with Gasteiger partial charge in [0.2, 0.25) is 0 Å². The molecule has 2 saturated carbocycles. The first kappa shape index (κ1) is 15.1. The fraction of sp³-hybridized carbons (Fsp3) is 0.938. The van der Waals surface area contributed by atoms with E-state index in [2.05, 4.69) is 31.4 Å². The van der Waals surface area contributed by atoms with Crippen LogP contribution in [0.25, 0.3) is 0 Å². The SMILES string of the molecule is CC(C)(C)C1CCC(NC(=S)NC2CCCC2)CC1. The van der Waals surface area contributed by atoms with Crippen molar-refractivity contribution in [1.29, 1.82) is 0 Å². The molecule has 0 heterocycles. The zero-order valence-electron chi connectivity index (χ0n) is 12.8. The van der Waals surface area contributed by atoms with E-state index in [9.17, 15) is 0 Å². The van der Waals surface area contributed by atoms with Crippen LogP contribution in [0.4, 0.5) is 0 Å². The van der Waals surface area contributed by atoms with Crippen LogP contribution in [0.15, 0.2) is 0 Å². The van der Waals surface area contributed by atoms with Gasteiger partial charge in [0, 0.05) is 12.1 Å². The summed E-state index contributed by atoms with van der Waals surface area (Å²) in [6.07, 6.45) is 10.5. The van der Waals surface area contributed by atoms with Crippen molar-refractivity contribution in [1.82, 2.24) is 10.6 Å². The van der Waals surface area contributed by atoms with E-state index in [1.54, 1.807) is 0 Å².